The van der Waals surface area contributed by atoms with Crippen LogP contribution in [0.3, 0.4) is 0 Å². The molecule has 1 aliphatic rings. The summed E-state index contributed by atoms with van der Waals surface area (Å²) in [4.78, 5) is 40.1. The first-order valence-corrected chi connectivity index (χ1v) is 11.6. The first kappa shape index (κ1) is 24.4. The third-order valence-corrected chi connectivity index (χ3v) is 5.66. The van der Waals surface area contributed by atoms with Gasteiger partial charge >= 0.3 is 0 Å². The van der Waals surface area contributed by atoms with Crippen LogP contribution >= 0.6 is 0 Å². The molecule has 1 aliphatic heterocycles. The molecular formula is C24H33N5O4. The molecule has 0 radical (unpaired) electrons. The van der Waals surface area contributed by atoms with Crippen molar-refractivity contribution in [1.82, 2.24) is 15.1 Å². The summed E-state index contributed by atoms with van der Waals surface area (Å²) >= 11 is 0. The van der Waals surface area contributed by atoms with Crippen LogP contribution in [0, 0.1) is 0 Å². The van der Waals surface area contributed by atoms with Gasteiger partial charge in [0.05, 0.1) is 13.2 Å². The molecule has 33 heavy (non-hydrogen) atoms. The van der Waals surface area contributed by atoms with Crippen LogP contribution in [0.1, 0.15) is 49.5 Å². The summed E-state index contributed by atoms with van der Waals surface area (Å²) in [6.45, 7) is 4.61. The van der Waals surface area contributed by atoms with Crippen molar-refractivity contribution < 1.29 is 14.3 Å². The highest BCUT2D eigenvalue weighted by Gasteiger charge is 2.23. The zero-order valence-corrected chi connectivity index (χ0v) is 19.4. The number of amides is 2. The Kier molecular flexibility index (Phi) is 9.00. The zero-order chi connectivity index (χ0) is 23.6. The van der Waals surface area contributed by atoms with E-state index in [1.54, 1.807) is 0 Å². The smallest absolute Gasteiger partial charge is 0.272 e. The Balaban J connectivity index is 1.70. The highest BCUT2D eigenvalue weighted by atomic mass is 16.5. The van der Waals surface area contributed by atoms with Crippen molar-refractivity contribution >= 4 is 23.2 Å². The normalized spacial score (nSPS) is 14.2. The lowest BCUT2D eigenvalue weighted by Crippen LogP contribution is -2.44. The summed E-state index contributed by atoms with van der Waals surface area (Å²) in [5.74, 6) is -0.772. The number of anilines is 2. The summed E-state index contributed by atoms with van der Waals surface area (Å²) in [5, 5.41) is 9.85. The number of rotatable bonds is 11. The maximum absolute atomic E-state index is 13.0. The van der Waals surface area contributed by atoms with E-state index in [1.807, 2.05) is 31.2 Å². The molecule has 0 saturated carbocycles. The number of unbranched alkanes of at least 4 members (excludes halogenated alkanes) is 1. The molecule has 1 aromatic carbocycles. The minimum atomic E-state index is -0.714. The Morgan fingerprint density at radius 2 is 1.97 bits per heavy atom. The Morgan fingerprint density at radius 3 is 2.70 bits per heavy atom. The Morgan fingerprint density at radius 1 is 1.18 bits per heavy atom. The molecule has 1 aromatic heterocycles. The minimum absolute atomic E-state index is 0.0797. The number of methoxy groups -OCH3 is 1. The van der Waals surface area contributed by atoms with E-state index in [4.69, 9.17) is 4.74 Å². The lowest BCUT2D eigenvalue weighted by atomic mass is 10.1. The first-order valence-electron chi connectivity index (χ1n) is 11.6. The second kappa shape index (κ2) is 12.2. The Bertz CT molecular complexity index is 1000. The van der Waals surface area contributed by atoms with E-state index >= 15 is 0 Å². The summed E-state index contributed by atoms with van der Waals surface area (Å²) in [6.07, 6.45) is 4.53. The number of carbonyl (C=O) groups excluding carboxylic acids is 2. The fraction of sp³-hybridized carbons (Fsp3) is 0.500. The van der Waals surface area contributed by atoms with Crippen molar-refractivity contribution in [2.24, 2.45) is 0 Å². The molecule has 0 spiro atoms. The van der Waals surface area contributed by atoms with Crippen molar-refractivity contribution in [2.45, 2.75) is 51.6 Å². The van der Waals surface area contributed by atoms with Gasteiger partial charge in [0, 0.05) is 37.6 Å². The Labute approximate surface area is 194 Å². The van der Waals surface area contributed by atoms with Gasteiger partial charge < -0.3 is 20.3 Å². The first-order chi connectivity index (χ1) is 16.0. The second-order valence-electron chi connectivity index (χ2n) is 8.17. The summed E-state index contributed by atoms with van der Waals surface area (Å²) in [6, 6.07) is 9.74. The lowest BCUT2D eigenvalue weighted by Gasteiger charge is -2.20. The predicted octanol–water partition coefficient (Wildman–Crippen LogP) is 2.42. The van der Waals surface area contributed by atoms with Crippen LogP contribution in [-0.2, 0) is 16.1 Å². The molecule has 9 heteroatoms. The number of nitrogens with one attached hydrogen (secondary N) is 2. The SMILES string of the molecule is CCCCC(NC(=O)c1ccc(=O)n(CCOC)n1)C(=O)Nc1cccc(N2CCCC2)c1. The number of aromatic nitrogens is 2. The number of carbonyl (C=O) groups is 2. The number of nitrogens with zero attached hydrogens (tertiary/aromatic N) is 3. The number of hydrogen-bond acceptors (Lipinski definition) is 6. The largest absolute Gasteiger partial charge is 0.383 e. The van der Waals surface area contributed by atoms with Crippen molar-refractivity contribution in [3.8, 4) is 0 Å². The van der Waals surface area contributed by atoms with E-state index in [0.29, 0.717) is 18.7 Å². The summed E-state index contributed by atoms with van der Waals surface area (Å²) in [5.41, 5.74) is 1.55. The molecule has 0 bridgehead atoms. The van der Waals surface area contributed by atoms with Crippen molar-refractivity contribution in [2.75, 3.05) is 37.0 Å². The fourth-order valence-corrected chi connectivity index (χ4v) is 3.80. The van der Waals surface area contributed by atoms with Crippen molar-refractivity contribution in [1.29, 1.82) is 0 Å². The average molecular weight is 456 g/mol. The molecule has 2 aromatic rings. The maximum atomic E-state index is 13.0. The molecule has 178 valence electrons. The quantitative estimate of drug-likeness (QED) is 0.539. The molecule has 9 nitrogen and oxygen atoms in total. The molecule has 0 aliphatic carbocycles. The highest BCUT2D eigenvalue weighted by molar-refractivity contribution is 6.00. The average Bonchev–Trinajstić information content (AvgIpc) is 3.36. The van der Waals surface area contributed by atoms with Gasteiger partial charge in [0.1, 0.15) is 11.7 Å². The van der Waals surface area contributed by atoms with Gasteiger partial charge in [-0.25, -0.2) is 4.68 Å². The number of ether oxygens (including phenoxy) is 1. The van der Waals surface area contributed by atoms with Crippen molar-refractivity contribution in [3.63, 3.8) is 0 Å². The van der Waals surface area contributed by atoms with Gasteiger partial charge in [0.15, 0.2) is 0 Å². The third-order valence-electron chi connectivity index (χ3n) is 5.66. The maximum Gasteiger partial charge on any atom is 0.272 e. The fourth-order valence-electron chi connectivity index (χ4n) is 3.80. The van der Waals surface area contributed by atoms with E-state index in [2.05, 4.69) is 20.6 Å². The number of benzene rings is 1. The van der Waals surface area contributed by atoms with Crippen molar-refractivity contribution in [3.05, 3.63) is 52.4 Å². The molecule has 1 saturated heterocycles. The molecule has 1 unspecified atom stereocenters. The topological polar surface area (TPSA) is 106 Å². The molecule has 3 rings (SSSR count). The standard InChI is InChI=1S/C24H33N5O4/c1-3-4-10-20(26-24(32)21-11-12-22(30)29(27-21)15-16-33-2)23(31)25-18-8-7-9-19(17-18)28-13-5-6-14-28/h7-9,11-12,17,20H,3-6,10,13-16H2,1-2H3,(H,25,31)(H,26,32). The van der Waals surface area contributed by atoms with E-state index in [1.165, 1.54) is 36.8 Å². The van der Waals surface area contributed by atoms with Gasteiger partial charge in [-0.1, -0.05) is 25.8 Å². The lowest BCUT2D eigenvalue weighted by molar-refractivity contribution is -0.118. The molecule has 2 amide bonds. The van der Waals surface area contributed by atoms with E-state index in [9.17, 15) is 14.4 Å². The van der Waals surface area contributed by atoms with Crippen LogP contribution in [0.2, 0.25) is 0 Å². The van der Waals surface area contributed by atoms with E-state index in [-0.39, 0.29) is 23.7 Å². The minimum Gasteiger partial charge on any atom is -0.383 e. The van der Waals surface area contributed by atoms with Crippen LogP contribution in [0.25, 0.3) is 0 Å². The van der Waals surface area contributed by atoms with Gasteiger partial charge in [0.25, 0.3) is 11.5 Å². The van der Waals surface area contributed by atoms with Crippen LogP contribution in [-0.4, -0.2) is 54.4 Å². The van der Waals surface area contributed by atoms with Crippen LogP contribution < -0.4 is 21.1 Å². The number of hydrogen-bond donors (Lipinski definition) is 2. The molecule has 2 heterocycles. The summed E-state index contributed by atoms with van der Waals surface area (Å²) in [7, 11) is 1.53. The third kappa shape index (κ3) is 6.89. The highest BCUT2D eigenvalue weighted by Crippen LogP contribution is 2.23. The summed E-state index contributed by atoms with van der Waals surface area (Å²) < 4.78 is 6.17. The van der Waals surface area contributed by atoms with E-state index in [0.717, 1.165) is 31.6 Å². The Hall–Kier alpha value is -3.20. The van der Waals surface area contributed by atoms with Gasteiger partial charge in [-0.2, -0.15) is 5.10 Å². The van der Waals surface area contributed by atoms with Gasteiger partial charge in [-0.3, -0.25) is 14.4 Å². The molecule has 1 fully saturated rings. The monoisotopic (exact) mass is 455 g/mol. The molecule has 1 atom stereocenters. The van der Waals surface area contributed by atoms with Gasteiger partial charge in [-0.05, 0) is 43.5 Å². The second-order valence-corrected chi connectivity index (χ2v) is 8.17. The van der Waals surface area contributed by atoms with Gasteiger partial charge in [-0.15, -0.1) is 0 Å². The van der Waals surface area contributed by atoms with Crippen LogP contribution in [0.5, 0.6) is 0 Å². The molecular weight excluding hydrogens is 422 g/mol. The van der Waals surface area contributed by atoms with Crippen LogP contribution in [0.4, 0.5) is 11.4 Å². The van der Waals surface area contributed by atoms with Crippen LogP contribution in [0.15, 0.2) is 41.2 Å². The van der Waals surface area contributed by atoms with E-state index < -0.39 is 11.9 Å². The predicted molar refractivity (Wildman–Crippen MR) is 128 cm³/mol. The molecule has 2 N–H and O–H groups in total. The van der Waals surface area contributed by atoms with Gasteiger partial charge in [0.2, 0.25) is 5.91 Å². The zero-order valence-electron chi connectivity index (χ0n) is 19.4.